The zero-order valence-corrected chi connectivity index (χ0v) is 13.3. The summed E-state index contributed by atoms with van der Waals surface area (Å²) in [6.45, 7) is 1.83. The van der Waals surface area contributed by atoms with E-state index in [9.17, 15) is 8.42 Å². The van der Waals surface area contributed by atoms with Gasteiger partial charge in [0.1, 0.15) is 10.7 Å². The van der Waals surface area contributed by atoms with Crippen molar-refractivity contribution in [1.82, 2.24) is 9.29 Å². The SMILES string of the molecule is CC(c1cccs1)N(C)S(=O)(=O)c1cnc(N)c(Cl)c1. The topological polar surface area (TPSA) is 76.3 Å². The molecule has 0 aliphatic carbocycles. The number of sulfonamides is 1. The van der Waals surface area contributed by atoms with Crippen molar-refractivity contribution in [1.29, 1.82) is 0 Å². The molecule has 2 aromatic rings. The van der Waals surface area contributed by atoms with E-state index in [1.54, 1.807) is 0 Å². The lowest BCUT2D eigenvalue weighted by molar-refractivity contribution is 0.402. The van der Waals surface area contributed by atoms with Crippen LogP contribution in [0.25, 0.3) is 0 Å². The van der Waals surface area contributed by atoms with Crippen LogP contribution in [0.15, 0.2) is 34.7 Å². The maximum Gasteiger partial charge on any atom is 0.244 e. The molecule has 0 aliphatic rings. The second-order valence-corrected chi connectivity index (χ2v) is 7.63. The summed E-state index contributed by atoms with van der Waals surface area (Å²) in [6, 6.07) is 4.83. The van der Waals surface area contributed by atoms with E-state index in [4.69, 9.17) is 17.3 Å². The number of hydrogen-bond donors (Lipinski definition) is 1. The quantitative estimate of drug-likeness (QED) is 0.934. The molecule has 1 atom stereocenters. The van der Waals surface area contributed by atoms with Crippen molar-refractivity contribution in [2.24, 2.45) is 0 Å². The third-order valence-corrected chi connectivity index (χ3v) is 6.26. The summed E-state index contributed by atoms with van der Waals surface area (Å²) in [5.41, 5.74) is 5.50. The number of halogens is 1. The largest absolute Gasteiger partial charge is 0.382 e. The van der Waals surface area contributed by atoms with Gasteiger partial charge in [-0.15, -0.1) is 11.3 Å². The van der Waals surface area contributed by atoms with Gasteiger partial charge in [-0.2, -0.15) is 4.31 Å². The van der Waals surface area contributed by atoms with Crippen molar-refractivity contribution in [3.63, 3.8) is 0 Å². The summed E-state index contributed by atoms with van der Waals surface area (Å²) < 4.78 is 26.3. The van der Waals surface area contributed by atoms with Gasteiger partial charge >= 0.3 is 0 Å². The molecular formula is C12H14ClN3O2S2. The van der Waals surface area contributed by atoms with Gasteiger partial charge < -0.3 is 5.73 Å². The third-order valence-electron chi connectivity index (χ3n) is 3.02. The fraction of sp³-hybridized carbons (Fsp3) is 0.250. The van der Waals surface area contributed by atoms with Crippen LogP contribution in [0.3, 0.4) is 0 Å². The molecule has 1 unspecified atom stereocenters. The Kier molecular flexibility index (Phi) is 4.33. The molecule has 0 fully saturated rings. The molecule has 0 aliphatic heterocycles. The Morgan fingerprint density at radius 1 is 1.50 bits per heavy atom. The number of hydrogen-bond acceptors (Lipinski definition) is 5. The zero-order chi connectivity index (χ0) is 14.9. The van der Waals surface area contributed by atoms with Crippen LogP contribution >= 0.6 is 22.9 Å². The number of thiophene rings is 1. The smallest absolute Gasteiger partial charge is 0.244 e. The summed E-state index contributed by atoms with van der Waals surface area (Å²) in [5.74, 6) is 0.111. The Bertz CT molecular complexity index is 701. The second kappa shape index (κ2) is 5.69. The fourth-order valence-electron chi connectivity index (χ4n) is 1.65. The lowest BCUT2D eigenvalue weighted by Gasteiger charge is -2.23. The van der Waals surface area contributed by atoms with Crippen molar-refractivity contribution in [2.45, 2.75) is 17.9 Å². The molecule has 2 N–H and O–H groups in total. The van der Waals surface area contributed by atoms with Gasteiger partial charge in [0.25, 0.3) is 0 Å². The number of aromatic nitrogens is 1. The molecular weight excluding hydrogens is 318 g/mol. The minimum atomic E-state index is -3.67. The van der Waals surface area contributed by atoms with Gasteiger partial charge in [-0.25, -0.2) is 13.4 Å². The van der Waals surface area contributed by atoms with Crippen molar-refractivity contribution in [2.75, 3.05) is 12.8 Å². The van der Waals surface area contributed by atoms with Crippen LogP contribution in [0.4, 0.5) is 5.82 Å². The number of nitrogens with two attached hydrogens (primary N) is 1. The predicted molar refractivity (Wildman–Crippen MR) is 81.3 cm³/mol. The van der Waals surface area contributed by atoms with E-state index in [2.05, 4.69) is 4.98 Å². The van der Waals surface area contributed by atoms with Gasteiger partial charge in [0.05, 0.1) is 11.1 Å². The molecule has 0 bridgehead atoms. The first-order chi connectivity index (χ1) is 9.34. The third kappa shape index (κ3) is 2.80. The highest BCUT2D eigenvalue weighted by Gasteiger charge is 2.27. The highest BCUT2D eigenvalue weighted by Crippen LogP contribution is 2.29. The van der Waals surface area contributed by atoms with Crippen molar-refractivity contribution >= 4 is 38.8 Å². The average Bonchev–Trinajstić information content (AvgIpc) is 2.94. The Balaban J connectivity index is 2.36. The molecule has 2 aromatic heterocycles. The van der Waals surface area contributed by atoms with Crippen LogP contribution in [-0.4, -0.2) is 24.8 Å². The number of nitrogens with zero attached hydrogens (tertiary/aromatic N) is 2. The van der Waals surface area contributed by atoms with Crippen LogP contribution < -0.4 is 5.73 Å². The average molecular weight is 332 g/mol. The van der Waals surface area contributed by atoms with Crippen LogP contribution in [0.5, 0.6) is 0 Å². The number of pyridine rings is 1. The Hall–Kier alpha value is -1.15. The van der Waals surface area contributed by atoms with E-state index in [0.29, 0.717) is 0 Å². The monoisotopic (exact) mass is 331 g/mol. The van der Waals surface area contributed by atoms with Gasteiger partial charge in [0, 0.05) is 18.1 Å². The van der Waals surface area contributed by atoms with Gasteiger partial charge in [-0.3, -0.25) is 0 Å². The van der Waals surface area contributed by atoms with Crippen molar-refractivity contribution in [3.05, 3.63) is 39.7 Å². The van der Waals surface area contributed by atoms with E-state index in [1.165, 1.54) is 35.0 Å². The second-order valence-electron chi connectivity index (χ2n) is 4.25. The zero-order valence-electron chi connectivity index (χ0n) is 10.9. The van der Waals surface area contributed by atoms with Crippen molar-refractivity contribution < 1.29 is 8.42 Å². The first kappa shape index (κ1) is 15.2. The number of rotatable bonds is 4. The van der Waals surface area contributed by atoms with Gasteiger partial charge in [-0.1, -0.05) is 17.7 Å². The summed E-state index contributed by atoms with van der Waals surface area (Å²) in [4.78, 5) is 4.79. The number of nitrogen functional groups attached to an aromatic ring is 1. The summed E-state index contributed by atoms with van der Waals surface area (Å²) in [5, 5.41) is 2.04. The molecule has 0 radical (unpaired) electrons. The van der Waals surface area contributed by atoms with E-state index >= 15 is 0 Å². The first-order valence-electron chi connectivity index (χ1n) is 5.76. The standard InChI is InChI=1S/C12H14ClN3O2S2/c1-8(11-4-3-5-19-11)16(2)20(17,18)9-6-10(13)12(14)15-7-9/h3-8H,1-2H3,(H2,14,15). The maximum absolute atomic E-state index is 12.5. The molecule has 0 amide bonds. The molecule has 5 nitrogen and oxygen atoms in total. The van der Waals surface area contributed by atoms with Crippen LogP contribution in [0, 0.1) is 0 Å². The van der Waals surface area contributed by atoms with Gasteiger partial charge in [-0.05, 0) is 24.4 Å². The minimum absolute atomic E-state index is 0.0302. The molecule has 108 valence electrons. The van der Waals surface area contributed by atoms with Crippen molar-refractivity contribution in [3.8, 4) is 0 Å². The summed E-state index contributed by atoms with van der Waals surface area (Å²) in [6.07, 6.45) is 1.22. The molecule has 0 spiro atoms. The molecule has 0 aromatic carbocycles. The molecule has 2 rings (SSSR count). The highest BCUT2D eigenvalue weighted by molar-refractivity contribution is 7.89. The Morgan fingerprint density at radius 3 is 2.75 bits per heavy atom. The molecule has 0 saturated carbocycles. The van der Waals surface area contributed by atoms with Crippen LogP contribution in [-0.2, 0) is 10.0 Å². The normalized spacial score (nSPS) is 13.6. The van der Waals surface area contributed by atoms with Crippen LogP contribution in [0.1, 0.15) is 17.8 Å². The first-order valence-corrected chi connectivity index (χ1v) is 8.46. The highest BCUT2D eigenvalue weighted by atomic mass is 35.5. The predicted octanol–water partition coefficient (Wildman–Crippen LogP) is 2.76. The summed E-state index contributed by atoms with van der Waals surface area (Å²) >= 11 is 7.34. The minimum Gasteiger partial charge on any atom is -0.382 e. The fourth-order valence-corrected chi connectivity index (χ4v) is 4.09. The Labute approximate surface area is 127 Å². The van der Waals surface area contributed by atoms with Crippen LogP contribution in [0.2, 0.25) is 5.02 Å². The molecule has 8 heteroatoms. The lowest BCUT2D eigenvalue weighted by Crippen LogP contribution is -2.29. The Morgan fingerprint density at radius 2 is 2.20 bits per heavy atom. The van der Waals surface area contributed by atoms with Gasteiger partial charge in [0.15, 0.2) is 0 Å². The molecule has 2 heterocycles. The molecule has 20 heavy (non-hydrogen) atoms. The van der Waals surface area contributed by atoms with Gasteiger partial charge in [0.2, 0.25) is 10.0 Å². The van der Waals surface area contributed by atoms with E-state index in [1.807, 2.05) is 24.4 Å². The van der Waals surface area contributed by atoms with E-state index in [-0.39, 0.29) is 21.8 Å². The molecule has 0 saturated heterocycles. The summed E-state index contributed by atoms with van der Waals surface area (Å²) in [7, 11) is -2.13. The lowest BCUT2D eigenvalue weighted by atomic mass is 10.3. The van der Waals surface area contributed by atoms with E-state index < -0.39 is 10.0 Å². The number of anilines is 1. The maximum atomic E-state index is 12.5. The van der Waals surface area contributed by atoms with E-state index in [0.717, 1.165) is 4.88 Å².